The Balaban J connectivity index is 2.24. The molecule has 104 valence electrons. The predicted molar refractivity (Wildman–Crippen MR) is 76.9 cm³/mol. The second kappa shape index (κ2) is 5.85. The summed E-state index contributed by atoms with van der Waals surface area (Å²) >= 11 is 3.23. The van der Waals surface area contributed by atoms with Gasteiger partial charge in [0.05, 0.1) is 4.90 Å². The third-order valence-electron chi connectivity index (χ3n) is 2.64. The van der Waals surface area contributed by atoms with Crippen LogP contribution in [-0.2, 0) is 9.84 Å². The highest BCUT2D eigenvalue weighted by molar-refractivity contribution is 9.10. The first-order valence-electron chi connectivity index (χ1n) is 5.65. The van der Waals surface area contributed by atoms with E-state index in [0.29, 0.717) is 5.56 Å². The maximum absolute atomic E-state index is 13.0. The van der Waals surface area contributed by atoms with Crippen molar-refractivity contribution < 1.29 is 17.6 Å². The normalized spacial score (nSPS) is 11.3. The Kier molecular flexibility index (Phi) is 4.35. The van der Waals surface area contributed by atoms with Crippen LogP contribution < -0.4 is 0 Å². The van der Waals surface area contributed by atoms with Gasteiger partial charge < -0.3 is 0 Å². The predicted octanol–water partition coefficient (Wildman–Crippen LogP) is 3.24. The number of halogens is 2. The molecule has 3 nitrogen and oxygen atoms in total. The van der Waals surface area contributed by atoms with E-state index in [4.69, 9.17) is 0 Å². The average molecular weight is 357 g/mol. The van der Waals surface area contributed by atoms with Crippen molar-refractivity contribution in [1.82, 2.24) is 0 Å². The van der Waals surface area contributed by atoms with Crippen molar-refractivity contribution in [2.45, 2.75) is 4.90 Å². The van der Waals surface area contributed by atoms with Gasteiger partial charge in [-0.1, -0.05) is 34.1 Å². The van der Waals surface area contributed by atoms with Crippen LogP contribution in [0.5, 0.6) is 0 Å². The van der Waals surface area contributed by atoms with Gasteiger partial charge in [-0.3, -0.25) is 4.79 Å². The number of sulfone groups is 1. The summed E-state index contributed by atoms with van der Waals surface area (Å²) in [6.07, 6.45) is 0. The first-order chi connectivity index (χ1) is 9.38. The third-order valence-corrected chi connectivity index (χ3v) is 4.79. The molecule has 0 spiro atoms. The van der Waals surface area contributed by atoms with E-state index in [0.717, 1.165) is 16.6 Å². The van der Waals surface area contributed by atoms with Gasteiger partial charge in [0.2, 0.25) is 0 Å². The fourth-order valence-corrected chi connectivity index (χ4v) is 3.16. The van der Waals surface area contributed by atoms with Gasteiger partial charge in [0.15, 0.2) is 15.6 Å². The highest BCUT2D eigenvalue weighted by Gasteiger charge is 2.20. The van der Waals surface area contributed by atoms with Gasteiger partial charge >= 0.3 is 0 Å². The fraction of sp³-hybridized carbons (Fsp3) is 0.0714. The van der Waals surface area contributed by atoms with Gasteiger partial charge in [-0.2, -0.15) is 0 Å². The van der Waals surface area contributed by atoms with Crippen molar-refractivity contribution in [3.63, 3.8) is 0 Å². The van der Waals surface area contributed by atoms with E-state index < -0.39 is 27.2 Å². The monoisotopic (exact) mass is 356 g/mol. The van der Waals surface area contributed by atoms with Crippen molar-refractivity contribution >= 4 is 31.6 Å². The molecule has 0 amide bonds. The summed E-state index contributed by atoms with van der Waals surface area (Å²) in [6.45, 7) is 0. The van der Waals surface area contributed by atoms with Gasteiger partial charge in [-0.15, -0.1) is 0 Å². The lowest BCUT2D eigenvalue weighted by molar-refractivity contribution is 0.102. The second-order valence-electron chi connectivity index (χ2n) is 4.15. The molecule has 0 heterocycles. The molecule has 2 aromatic rings. The number of rotatable bonds is 4. The zero-order valence-electron chi connectivity index (χ0n) is 10.2. The lowest BCUT2D eigenvalue weighted by atomic mass is 10.2. The summed E-state index contributed by atoms with van der Waals surface area (Å²) < 4.78 is 37.9. The summed E-state index contributed by atoms with van der Waals surface area (Å²) in [5, 5.41) is 0. The van der Waals surface area contributed by atoms with Crippen LogP contribution in [0.15, 0.2) is 57.9 Å². The second-order valence-corrected chi connectivity index (χ2v) is 7.05. The minimum Gasteiger partial charge on any atom is -0.293 e. The summed E-state index contributed by atoms with van der Waals surface area (Å²) in [4.78, 5) is 11.7. The van der Waals surface area contributed by atoms with Crippen LogP contribution in [0.3, 0.4) is 0 Å². The number of hydrogen-bond donors (Lipinski definition) is 0. The molecule has 0 fully saturated rings. The maximum Gasteiger partial charge on any atom is 0.185 e. The summed E-state index contributed by atoms with van der Waals surface area (Å²) in [5.41, 5.74) is 0.299. The Morgan fingerprint density at radius 1 is 1.10 bits per heavy atom. The zero-order chi connectivity index (χ0) is 14.8. The van der Waals surface area contributed by atoms with Gasteiger partial charge in [0.25, 0.3) is 0 Å². The number of carbonyl (C=O) groups is 1. The van der Waals surface area contributed by atoms with Crippen molar-refractivity contribution in [2.24, 2.45) is 0 Å². The molecular weight excluding hydrogens is 347 g/mol. The number of benzene rings is 2. The summed E-state index contributed by atoms with van der Waals surface area (Å²) in [7, 11) is -3.84. The molecule has 6 heteroatoms. The fourth-order valence-electron chi connectivity index (χ4n) is 1.64. The Morgan fingerprint density at radius 2 is 1.75 bits per heavy atom. The summed E-state index contributed by atoms with van der Waals surface area (Å²) in [5.74, 6) is -1.86. The van der Waals surface area contributed by atoms with Gasteiger partial charge in [-0.25, -0.2) is 12.8 Å². The van der Waals surface area contributed by atoms with E-state index >= 15 is 0 Å². The van der Waals surface area contributed by atoms with E-state index in [2.05, 4.69) is 15.9 Å². The van der Waals surface area contributed by atoms with Crippen LogP contribution in [0.4, 0.5) is 4.39 Å². The Labute approximate surface area is 124 Å². The van der Waals surface area contributed by atoms with Crippen LogP contribution in [0, 0.1) is 5.82 Å². The smallest absolute Gasteiger partial charge is 0.185 e. The van der Waals surface area contributed by atoms with Crippen LogP contribution in [0.25, 0.3) is 0 Å². The topological polar surface area (TPSA) is 51.2 Å². The molecule has 20 heavy (non-hydrogen) atoms. The minimum absolute atomic E-state index is 0.192. The average Bonchev–Trinajstić information content (AvgIpc) is 2.39. The Hall–Kier alpha value is -1.53. The Morgan fingerprint density at radius 3 is 2.35 bits per heavy atom. The molecule has 0 N–H and O–H groups in total. The highest BCUT2D eigenvalue weighted by Crippen LogP contribution is 2.16. The van der Waals surface area contributed by atoms with E-state index in [9.17, 15) is 17.6 Å². The molecule has 0 aliphatic heterocycles. The standard InChI is InChI=1S/C14H10BrFO3S/c15-11-6-4-10(5-7-11)14(17)9-20(18,19)13-3-1-2-12(16)8-13/h1-8H,9H2. The molecule has 0 unspecified atom stereocenters. The molecule has 2 aromatic carbocycles. The van der Waals surface area contributed by atoms with Crippen molar-refractivity contribution in [3.8, 4) is 0 Å². The first kappa shape index (κ1) is 14.9. The lowest BCUT2D eigenvalue weighted by Crippen LogP contribution is -2.16. The molecule has 0 radical (unpaired) electrons. The van der Waals surface area contributed by atoms with Crippen molar-refractivity contribution in [1.29, 1.82) is 0 Å². The van der Waals surface area contributed by atoms with Crippen LogP contribution in [0.1, 0.15) is 10.4 Å². The van der Waals surface area contributed by atoms with E-state index in [-0.39, 0.29) is 4.90 Å². The van der Waals surface area contributed by atoms with Crippen LogP contribution >= 0.6 is 15.9 Å². The van der Waals surface area contributed by atoms with Gasteiger partial charge in [-0.05, 0) is 30.3 Å². The molecular formula is C14H10BrFO3S. The third kappa shape index (κ3) is 3.52. The molecule has 0 saturated carbocycles. The quantitative estimate of drug-likeness (QED) is 0.790. The maximum atomic E-state index is 13.0. The van der Waals surface area contributed by atoms with Crippen LogP contribution in [-0.4, -0.2) is 20.0 Å². The van der Waals surface area contributed by atoms with Gasteiger partial charge in [0, 0.05) is 10.0 Å². The molecule has 0 atom stereocenters. The molecule has 0 aliphatic carbocycles. The van der Waals surface area contributed by atoms with Crippen LogP contribution in [0.2, 0.25) is 0 Å². The lowest BCUT2D eigenvalue weighted by Gasteiger charge is -2.04. The zero-order valence-corrected chi connectivity index (χ0v) is 12.6. The van der Waals surface area contributed by atoms with Crippen molar-refractivity contribution in [3.05, 3.63) is 64.4 Å². The number of ketones is 1. The van der Waals surface area contributed by atoms with E-state index in [1.807, 2.05) is 0 Å². The van der Waals surface area contributed by atoms with Gasteiger partial charge in [0.1, 0.15) is 11.6 Å². The van der Waals surface area contributed by atoms with E-state index in [1.165, 1.54) is 24.3 Å². The number of carbonyl (C=O) groups excluding carboxylic acids is 1. The number of hydrogen-bond acceptors (Lipinski definition) is 3. The SMILES string of the molecule is O=C(CS(=O)(=O)c1cccc(F)c1)c1ccc(Br)cc1. The highest BCUT2D eigenvalue weighted by atomic mass is 79.9. The molecule has 0 saturated heterocycles. The first-order valence-corrected chi connectivity index (χ1v) is 8.10. The molecule has 0 aliphatic rings. The minimum atomic E-state index is -3.84. The summed E-state index contributed by atoms with van der Waals surface area (Å²) in [6, 6.07) is 11.0. The van der Waals surface area contributed by atoms with E-state index in [1.54, 1.807) is 12.1 Å². The molecule has 2 rings (SSSR count). The largest absolute Gasteiger partial charge is 0.293 e. The Bertz CT molecular complexity index is 739. The van der Waals surface area contributed by atoms with Crippen molar-refractivity contribution in [2.75, 3.05) is 5.75 Å². The number of Topliss-reactive ketones (excluding diaryl/α,β-unsaturated/α-hetero) is 1. The molecule has 0 bridgehead atoms. The molecule has 0 aromatic heterocycles.